The maximum absolute atomic E-state index is 11.3. The van der Waals surface area contributed by atoms with Crippen molar-refractivity contribution in [3.63, 3.8) is 0 Å². The first-order valence-corrected chi connectivity index (χ1v) is 8.06. The summed E-state index contributed by atoms with van der Waals surface area (Å²) < 4.78 is 22.6. The van der Waals surface area contributed by atoms with Crippen LogP contribution in [0.15, 0.2) is 12.1 Å². The summed E-state index contributed by atoms with van der Waals surface area (Å²) in [6.07, 6.45) is 0.595. The minimum atomic E-state index is -2.90. The Morgan fingerprint density at radius 1 is 1.39 bits per heavy atom. The standard InChI is InChI=1S/C11H13Cl2NO3S/c12-8-3-7(11(15)10(13)4-8)5-14-9-1-2-18(16,17)6-9/h3-4,9,14-15H,1-2,5-6H2. The highest BCUT2D eigenvalue weighted by Crippen LogP contribution is 2.31. The molecule has 4 nitrogen and oxygen atoms in total. The molecular weight excluding hydrogens is 297 g/mol. The van der Waals surface area contributed by atoms with E-state index in [2.05, 4.69) is 5.32 Å². The van der Waals surface area contributed by atoms with Crippen molar-refractivity contribution in [2.75, 3.05) is 11.5 Å². The van der Waals surface area contributed by atoms with E-state index in [0.29, 0.717) is 23.6 Å². The lowest BCUT2D eigenvalue weighted by Crippen LogP contribution is -2.29. The lowest BCUT2D eigenvalue weighted by Gasteiger charge is -2.12. The smallest absolute Gasteiger partial charge is 0.151 e. The third-order valence-electron chi connectivity index (χ3n) is 2.92. The molecule has 100 valence electrons. The molecule has 1 aromatic carbocycles. The van der Waals surface area contributed by atoms with E-state index in [1.807, 2.05) is 0 Å². The molecule has 1 unspecified atom stereocenters. The summed E-state index contributed by atoms with van der Waals surface area (Å²) in [4.78, 5) is 0. The van der Waals surface area contributed by atoms with Crippen LogP contribution in [-0.4, -0.2) is 31.1 Å². The van der Waals surface area contributed by atoms with Gasteiger partial charge in [0, 0.05) is 23.2 Å². The Balaban J connectivity index is 2.03. The topological polar surface area (TPSA) is 66.4 Å². The summed E-state index contributed by atoms with van der Waals surface area (Å²) >= 11 is 11.6. The number of benzene rings is 1. The summed E-state index contributed by atoms with van der Waals surface area (Å²) in [6, 6.07) is 2.99. The Morgan fingerprint density at radius 2 is 2.11 bits per heavy atom. The number of hydrogen-bond donors (Lipinski definition) is 2. The normalized spacial score (nSPS) is 22.2. The van der Waals surface area contributed by atoms with E-state index in [9.17, 15) is 13.5 Å². The Bertz CT molecular complexity index is 560. The monoisotopic (exact) mass is 309 g/mol. The zero-order chi connectivity index (χ0) is 13.3. The average molecular weight is 310 g/mol. The van der Waals surface area contributed by atoms with Gasteiger partial charge in [-0.1, -0.05) is 23.2 Å². The number of nitrogens with one attached hydrogen (secondary N) is 1. The van der Waals surface area contributed by atoms with Crippen LogP contribution in [0.2, 0.25) is 10.0 Å². The van der Waals surface area contributed by atoms with Gasteiger partial charge < -0.3 is 10.4 Å². The van der Waals surface area contributed by atoms with Crippen molar-refractivity contribution in [1.82, 2.24) is 5.32 Å². The first kappa shape index (κ1) is 13.9. The van der Waals surface area contributed by atoms with Crippen molar-refractivity contribution in [3.8, 4) is 5.75 Å². The van der Waals surface area contributed by atoms with Gasteiger partial charge in [-0.3, -0.25) is 0 Å². The fraction of sp³-hybridized carbons (Fsp3) is 0.455. The molecule has 1 atom stereocenters. The minimum absolute atomic E-state index is 0.0191. The van der Waals surface area contributed by atoms with Crippen LogP contribution in [0.25, 0.3) is 0 Å². The Hall–Kier alpha value is -0.490. The molecule has 18 heavy (non-hydrogen) atoms. The van der Waals surface area contributed by atoms with Crippen LogP contribution in [0.4, 0.5) is 0 Å². The van der Waals surface area contributed by atoms with E-state index in [1.54, 1.807) is 6.07 Å². The number of phenolic OH excluding ortho intramolecular Hbond substituents is 1. The highest BCUT2D eigenvalue weighted by molar-refractivity contribution is 7.91. The third-order valence-corrected chi connectivity index (χ3v) is 5.20. The molecule has 1 saturated heterocycles. The van der Waals surface area contributed by atoms with Crippen molar-refractivity contribution in [1.29, 1.82) is 0 Å². The number of aromatic hydroxyl groups is 1. The molecule has 2 rings (SSSR count). The molecule has 2 N–H and O–H groups in total. The minimum Gasteiger partial charge on any atom is -0.506 e. The van der Waals surface area contributed by atoms with Crippen LogP contribution < -0.4 is 5.32 Å². The van der Waals surface area contributed by atoms with Gasteiger partial charge in [-0.15, -0.1) is 0 Å². The molecule has 1 heterocycles. The van der Waals surface area contributed by atoms with E-state index in [4.69, 9.17) is 23.2 Å². The van der Waals surface area contributed by atoms with E-state index in [-0.39, 0.29) is 28.3 Å². The summed E-state index contributed by atoms with van der Waals surface area (Å²) in [6.45, 7) is 0.340. The van der Waals surface area contributed by atoms with Gasteiger partial charge in [0.1, 0.15) is 5.75 Å². The van der Waals surface area contributed by atoms with Gasteiger partial charge in [-0.05, 0) is 18.6 Å². The van der Waals surface area contributed by atoms with Gasteiger partial charge in [0.25, 0.3) is 0 Å². The van der Waals surface area contributed by atoms with Crippen LogP contribution in [0.5, 0.6) is 5.75 Å². The van der Waals surface area contributed by atoms with Crippen molar-refractivity contribution < 1.29 is 13.5 Å². The van der Waals surface area contributed by atoms with E-state index < -0.39 is 9.84 Å². The largest absolute Gasteiger partial charge is 0.506 e. The zero-order valence-electron chi connectivity index (χ0n) is 9.49. The molecule has 0 aliphatic carbocycles. The third kappa shape index (κ3) is 3.29. The predicted molar refractivity (Wildman–Crippen MR) is 72.0 cm³/mol. The number of phenols is 1. The van der Waals surface area contributed by atoms with Crippen molar-refractivity contribution in [3.05, 3.63) is 27.7 Å². The lowest BCUT2D eigenvalue weighted by molar-refractivity contribution is 0.460. The first-order chi connectivity index (χ1) is 8.37. The van der Waals surface area contributed by atoms with Crippen molar-refractivity contribution >= 4 is 33.0 Å². The Labute approximate surface area is 116 Å². The second kappa shape index (κ2) is 5.25. The fourth-order valence-electron chi connectivity index (χ4n) is 1.96. The Kier molecular flexibility index (Phi) is 4.06. The molecule has 0 amide bonds. The summed E-state index contributed by atoms with van der Waals surface area (Å²) in [5.41, 5.74) is 0.566. The molecule has 1 fully saturated rings. The van der Waals surface area contributed by atoms with E-state index in [0.717, 1.165) is 0 Å². The molecule has 0 aromatic heterocycles. The number of sulfone groups is 1. The molecule has 0 bridgehead atoms. The second-order valence-electron chi connectivity index (χ2n) is 4.38. The van der Waals surface area contributed by atoms with Crippen LogP contribution in [-0.2, 0) is 16.4 Å². The fourth-order valence-corrected chi connectivity index (χ4v) is 4.21. The van der Waals surface area contributed by atoms with Crippen LogP contribution in [0, 0.1) is 0 Å². The molecule has 0 spiro atoms. The highest BCUT2D eigenvalue weighted by Gasteiger charge is 2.27. The molecule has 1 aromatic rings. The molecule has 0 saturated carbocycles. The molecule has 0 radical (unpaired) electrons. The zero-order valence-corrected chi connectivity index (χ0v) is 11.8. The van der Waals surface area contributed by atoms with Gasteiger partial charge in [0.15, 0.2) is 9.84 Å². The highest BCUT2D eigenvalue weighted by atomic mass is 35.5. The average Bonchev–Trinajstić information content (AvgIpc) is 2.61. The van der Waals surface area contributed by atoms with Crippen LogP contribution >= 0.6 is 23.2 Å². The van der Waals surface area contributed by atoms with Crippen molar-refractivity contribution in [2.24, 2.45) is 0 Å². The van der Waals surface area contributed by atoms with E-state index in [1.165, 1.54) is 6.07 Å². The van der Waals surface area contributed by atoms with Crippen molar-refractivity contribution in [2.45, 2.75) is 19.0 Å². The molecule has 7 heteroatoms. The van der Waals surface area contributed by atoms with Gasteiger partial charge in [-0.25, -0.2) is 8.42 Å². The van der Waals surface area contributed by atoms with Gasteiger partial charge >= 0.3 is 0 Å². The lowest BCUT2D eigenvalue weighted by atomic mass is 10.2. The summed E-state index contributed by atoms with van der Waals surface area (Å²) in [7, 11) is -2.90. The maximum Gasteiger partial charge on any atom is 0.151 e. The quantitative estimate of drug-likeness (QED) is 0.896. The van der Waals surface area contributed by atoms with Crippen LogP contribution in [0.3, 0.4) is 0 Å². The molecular formula is C11H13Cl2NO3S. The molecule has 1 aliphatic heterocycles. The van der Waals surface area contributed by atoms with Gasteiger partial charge in [0.05, 0.1) is 16.5 Å². The number of halogens is 2. The van der Waals surface area contributed by atoms with Gasteiger partial charge in [-0.2, -0.15) is 0 Å². The SMILES string of the molecule is O=S1(=O)CCC(NCc2cc(Cl)cc(Cl)c2O)C1. The maximum atomic E-state index is 11.3. The first-order valence-electron chi connectivity index (χ1n) is 5.48. The number of rotatable bonds is 3. The molecule has 1 aliphatic rings. The number of hydrogen-bond acceptors (Lipinski definition) is 4. The van der Waals surface area contributed by atoms with Crippen LogP contribution in [0.1, 0.15) is 12.0 Å². The summed E-state index contributed by atoms with van der Waals surface area (Å²) in [5.74, 6) is 0.337. The Morgan fingerprint density at radius 3 is 2.72 bits per heavy atom. The van der Waals surface area contributed by atoms with E-state index >= 15 is 0 Å². The van der Waals surface area contributed by atoms with Gasteiger partial charge in [0.2, 0.25) is 0 Å². The predicted octanol–water partition coefficient (Wildman–Crippen LogP) is 1.98. The summed E-state index contributed by atoms with van der Waals surface area (Å²) in [5, 5.41) is 13.5. The second-order valence-corrected chi connectivity index (χ2v) is 7.45.